The minimum Gasteiger partial charge on any atom is -0.0587 e. The van der Waals surface area contributed by atoms with Crippen molar-refractivity contribution in [2.75, 3.05) is 0 Å². The predicted molar refractivity (Wildman–Crippen MR) is 109 cm³/mol. The summed E-state index contributed by atoms with van der Waals surface area (Å²) in [5, 5.41) is 2.57. The fraction of sp³-hybridized carbons (Fsp3) is 0.120. The van der Waals surface area contributed by atoms with Gasteiger partial charge in [0.25, 0.3) is 0 Å². The van der Waals surface area contributed by atoms with Gasteiger partial charge in [0.1, 0.15) is 0 Å². The monoisotopic (exact) mass is 322 g/mol. The van der Waals surface area contributed by atoms with Gasteiger partial charge >= 0.3 is 0 Å². The van der Waals surface area contributed by atoms with E-state index in [0.717, 1.165) is 0 Å². The molecular weight excluding hydrogens is 300 g/mol. The van der Waals surface area contributed by atoms with Gasteiger partial charge in [0.15, 0.2) is 0 Å². The van der Waals surface area contributed by atoms with Crippen LogP contribution in [0.1, 0.15) is 16.7 Å². The first-order valence-corrected chi connectivity index (χ1v) is 8.79. The van der Waals surface area contributed by atoms with Crippen LogP contribution < -0.4 is 0 Å². The molecule has 0 heteroatoms. The van der Waals surface area contributed by atoms with Gasteiger partial charge in [0.2, 0.25) is 0 Å². The molecule has 0 unspecified atom stereocenters. The van der Waals surface area contributed by atoms with Gasteiger partial charge < -0.3 is 0 Å². The molecule has 0 nitrogen and oxygen atoms in total. The Hall–Kier alpha value is -2.86. The van der Waals surface area contributed by atoms with E-state index < -0.39 is 0 Å². The molecule has 0 aliphatic rings. The molecule has 0 fully saturated rings. The van der Waals surface area contributed by atoms with Crippen LogP contribution in [0.5, 0.6) is 0 Å². The van der Waals surface area contributed by atoms with Crippen molar-refractivity contribution in [1.29, 1.82) is 0 Å². The van der Waals surface area contributed by atoms with Gasteiger partial charge in [-0.05, 0) is 77.1 Å². The summed E-state index contributed by atoms with van der Waals surface area (Å²) in [5.74, 6) is 0. The Kier molecular flexibility index (Phi) is 3.89. The van der Waals surface area contributed by atoms with E-state index in [1.165, 1.54) is 49.7 Å². The second-order valence-electron chi connectivity index (χ2n) is 6.94. The average molecular weight is 322 g/mol. The van der Waals surface area contributed by atoms with Crippen LogP contribution in [0.2, 0.25) is 0 Å². The van der Waals surface area contributed by atoms with E-state index in [1.54, 1.807) is 0 Å². The molecule has 0 saturated heterocycles. The standard InChI is InChI=1S/C25H22/c1-17-4-7-20(8-5-17)22-10-11-25-16-23(12-13-24(25)15-22)21-9-6-18(2)19(3)14-21/h4-16H,1-3H3. The highest BCUT2D eigenvalue weighted by molar-refractivity contribution is 5.90. The summed E-state index contributed by atoms with van der Waals surface area (Å²) in [6.45, 7) is 6.46. The van der Waals surface area contributed by atoms with E-state index in [0.29, 0.717) is 0 Å². The van der Waals surface area contributed by atoms with Crippen LogP contribution in [0.4, 0.5) is 0 Å². The lowest BCUT2D eigenvalue weighted by molar-refractivity contribution is 1.34. The third kappa shape index (κ3) is 3.08. The zero-order valence-electron chi connectivity index (χ0n) is 15.0. The largest absolute Gasteiger partial charge is 0.0587 e. The maximum atomic E-state index is 2.29. The Morgan fingerprint density at radius 1 is 0.400 bits per heavy atom. The summed E-state index contributed by atoms with van der Waals surface area (Å²) in [5.41, 5.74) is 9.07. The molecule has 0 atom stereocenters. The minimum absolute atomic E-state index is 1.27. The van der Waals surface area contributed by atoms with E-state index in [9.17, 15) is 0 Å². The zero-order chi connectivity index (χ0) is 17.4. The number of hydrogen-bond acceptors (Lipinski definition) is 0. The molecular formula is C25H22. The minimum atomic E-state index is 1.27. The summed E-state index contributed by atoms with van der Waals surface area (Å²) in [7, 11) is 0. The molecule has 0 bridgehead atoms. The molecule has 4 aromatic rings. The van der Waals surface area contributed by atoms with Crippen LogP contribution in [0.25, 0.3) is 33.0 Å². The highest BCUT2D eigenvalue weighted by atomic mass is 14.1. The van der Waals surface area contributed by atoms with E-state index in [2.05, 4.69) is 99.6 Å². The van der Waals surface area contributed by atoms with Gasteiger partial charge in [-0.15, -0.1) is 0 Å². The molecule has 0 aliphatic carbocycles. The number of benzene rings is 4. The van der Waals surface area contributed by atoms with Crippen LogP contribution >= 0.6 is 0 Å². The van der Waals surface area contributed by atoms with Gasteiger partial charge in [0, 0.05) is 0 Å². The molecule has 0 heterocycles. The second kappa shape index (κ2) is 6.22. The maximum absolute atomic E-state index is 2.29. The Bertz CT molecular complexity index is 1050. The molecule has 0 N–H and O–H groups in total. The molecule has 0 amide bonds. The van der Waals surface area contributed by atoms with E-state index in [-0.39, 0.29) is 0 Å². The Morgan fingerprint density at radius 2 is 0.880 bits per heavy atom. The third-order valence-corrected chi connectivity index (χ3v) is 5.07. The third-order valence-electron chi connectivity index (χ3n) is 5.07. The SMILES string of the molecule is Cc1ccc(-c2ccc3cc(-c4ccc(C)c(C)c4)ccc3c2)cc1. The van der Waals surface area contributed by atoms with Crippen molar-refractivity contribution in [2.24, 2.45) is 0 Å². The van der Waals surface area contributed by atoms with Crippen molar-refractivity contribution in [3.63, 3.8) is 0 Å². The Labute approximate surface area is 149 Å². The molecule has 122 valence electrons. The van der Waals surface area contributed by atoms with E-state index >= 15 is 0 Å². The highest BCUT2D eigenvalue weighted by Crippen LogP contribution is 2.29. The van der Waals surface area contributed by atoms with Gasteiger partial charge in [-0.25, -0.2) is 0 Å². The molecule has 4 aromatic carbocycles. The lowest BCUT2D eigenvalue weighted by Gasteiger charge is -2.09. The number of hydrogen-bond donors (Lipinski definition) is 0. The zero-order valence-corrected chi connectivity index (χ0v) is 15.0. The molecule has 0 radical (unpaired) electrons. The van der Waals surface area contributed by atoms with Crippen LogP contribution in [0, 0.1) is 20.8 Å². The van der Waals surface area contributed by atoms with Crippen molar-refractivity contribution in [2.45, 2.75) is 20.8 Å². The van der Waals surface area contributed by atoms with Crippen molar-refractivity contribution in [3.05, 3.63) is 95.6 Å². The fourth-order valence-electron chi connectivity index (χ4n) is 3.27. The molecule has 0 aromatic heterocycles. The van der Waals surface area contributed by atoms with Crippen LogP contribution in [-0.2, 0) is 0 Å². The van der Waals surface area contributed by atoms with Gasteiger partial charge in [-0.1, -0.05) is 72.3 Å². The lowest BCUT2D eigenvalue weighted by Crippen LogP contribution is -1.85. The molecule has 0 aliphatic heterocycles. The lowest BCUT2D eigenvalue weighted by atomic mass is 9.96. The first-order chi connectivity index (χ1) is 12.1. The van der Waals surface area contributed by atoms with E-state index in [4.69, 9.17) is 0 Å². The highest BCUT2D eigenvalue weighted by Gasteiger charge is 2.04. The van der Waals surface area contributed by atoms with Crippen molar-refractivity contribution in [3.8, 4) is 22.3 Å². The molecule has 0 spiro atoms. The Balaban J connectivity index is 1.75. The van der Waals surface area contributed by atoms with Crippen molar-refractivity contribution < 1.29 is 0 Å². The predicted octanol–water partition coefficient (Wildman–Crippen LogP) is 7.10. The summed E-state index contributed by atoms with van der Waals surface area (Å²) in [4.78, 5) is 0. The quantitative estimate of drug-likeness (QED) is 0.369. The average Bonchev–Trinajstić information content (AvgIpc) is 2.64. The fourth-order valence-corrected chi connectivity index (χ4v) is 3.27. The van der Waals surface area contributed by atoms with Crippen molar-refractivity contribution >= 4 is 10.8 Å². The topological polar surface area (TPSA) is 0 Å². The summed E-state index contributed by atoms with van der Waals surface area (Å²) in [6, 6.07) is 28.9. The summed E-state index contributed by atoms with van der Waals surface area (Å²) in [6.07, 6.45) is 0. The first-order valence-electron chi connectivity index (χ1n) is 8.79. The van der Waals surface area contributed by atoms with Crippen LogP contribution in [-0.4, -0.2) is 0 Å². The van der Waals surface area contributed by atoms with Gasteiger partial charge in [-0.3, -0.25) is 0 Å². The smallest absolute Gasteiger partial charge is 0.0177 e. The van der Waals surface area contributed by atoms with Gasteiger partial charge in [0.05, 0.1) is 0 Å². The second-order valence-corrected chi connectivity index (χ2v) is 6.94. The Morgan fingerprint density at radius 3 is 1.48 bits per heavy atom. The summed E-state index contributed by atoms with van der Waals surface area (Å²) < 4.78 is 0. The van der Waals surface area contributed by atoms with E-state index in [1.807, 2.05) is 0 Å². The normalized spacial score (nSPS) is 11.0. The van der Waals surface area contributed by atoms with Crippen molar-refractivity contribution in [1.82, 2.24) is 0 Å². The first kappa shape index (κ1) is 15.7. The van der Waals surface area contributed by atoms with Crippen LogP contribution in [0.3, 0.4) is 0 Å². The molecule has 0 saturated carbocycles. The van der Waals surface area contributed by atoms with Gasteiger partial charge in [-0.2, -0.15) is 0 Å². The van der Waals surface area contributed by atoms with Crippen LogP contribution in [0.15, 0.2) is 78.9 Å². The number of fused-ring (bicyclic) bond motifs is 1. The number of rotatable bonds is 2. The summed E-state index contributed by atoms with van der Waals surface area (Å²) >= 11 is 0. The maximum Gasteiger partial charge on any atom is -0.0177 e. The molecule has 4 rings (SSSR count). The number of aryl methyl sites for hydroxylation is 3. The molecule has 25 heavy (non-hydrogen) atoms.